The molecule has 90 valence electrons. The van der Waals surface area contributed by atoms with E-state index in [1.165, 1.54) is 30.6 Å². The van der Waals surface area contributed by atoms with Crippen LogP contribution in [0.3, 0.4) is 0 Å². The van der Waals surface area contributed by atoms with Crippen molar-refractivity contribution in [2.75, 3.05) is 13.6 Å². The fourth-order valence-electron chi connectivity index (χ4n) is 2.50. The number of hydrogen-bond acceptors (Lipinski definition) is 5. The molecule has 2 rings (SSSR count). The summed E-state index contributed by atoms with van der Waals surface area (Å²) in [6, 6.07) is 0.590. The van der Waals surface area contributed by atoms with Gasteiger partial charge in [0, 0.05) is 6.04 Å². The quantitative estimate of drug-likeness (QED) is 0.896. The zero-order valence-electron chi connectivity index (χ0n) is 9.40. The SMILES string of the molecule is CN(Cc1nnc(Cl)s1)C1CCCC1CN. The summed E-state index contributed by atoms with van der Waals surface area (Å²) < 4.78 is 0.519. The first-order valence-corrected chi connectivity index (χ1v) is 6.78. The zero-order chi connectivity index (χ0) is 11.5. The molecule has 1 aliphatic rings. The Balaban J connectivity index is 1.94. The molecule has 0 bridgehead atoms. The second-order valence-corrected chi connectivity index (χ2v) is 6.00. The maximum Gasteiger partial charge on any atom is 0.207 e. The molecule has 2 N–H and O–H groups in total. The van der Waals surface area contributed by atoms with Crippen LogP contribution in [0.25, 0.3) is 0 Å². The van der Waals surface area contributed by atoms with Gasteiger partial charge in [0.2, 0.25) is 4.47 Å². The molecular formula is C10H17ClN4S. The fraction of sp³-hybridized carbons (Fsp3) is 0.800. The summed E-state index contributed by atoms with van der Waals surface area (Å²) in [6.45, 7) is 1.61. The average molecular weight is 261 g/mol. The van der Waals surface area contributed by atoms with Crippen LogP contribution in [0.5, 0.6) is 0 Å². The van der Waals surface area contributed by atoms with Crippen LogP contribution in [0.4, 0.5) is 0 Å². The molecular weight excluding hydrogens is 244 g/mol. The van der Waals surface area contributed by atoms with Crippen LogP contribution in [0.15, 0.2) is 0 Å². The molecule has 1 saturated carbocycles. The summed E-state index contributed by atoms with van der Waals surface area (Å²) in [6.07, 6.45) is 3.78. The molecule has 1 aromatic heterocycles. The second kappa shape index (κ2) is 5.40. The van der Waals surface area contributed by atoms with Crippen LogP contribution in [-0.2, 0) is 6.54 Å². The van der Waals surface area contributed by atoms with Gasteiger partial charge in [-0.25, -0.2) is 0 Å². The topological polar surface area (TPSA) is 55.0 Å². The van der Waals surface area contributed by atoms with Crippen molar-refractivity contribution in [1.82, 2.24) is 15.1 Å². The number of aromatic nitrogens is 2. The third-order valence-electron chi connectivity index (χ3n) is 3.31. The van der Waals surface area contributed by atoms with E-state index in [9.17, 15) is 0 Å². The van der Waals surface area contributed by atoms with Crippen molar-refractivity contribution < 1.29 is 0 Å². The second-order valence-electron chi connectivity index (χ2n) is 4.36. The Morgan fingerprint density at radius 2 is 2.31 bits per heavy atom. The smallest absolute Gasteiger partial charge is 0.207 e. The van der Waals surface area contributed by atoms with Crippen LogP contribution in [0.2, 0.25) is 4.47 Å². The van der Waals surface area contributed by atoms with Gasteiger partial charge in [0.15, 0.2) is 0 Å². The summed E-state index contributed by atoms with van der Waals surface area (Å²) >= 11 is 7.22. The number of hydrogen-bond donors (Lipinski definition) is 1. The molecule has 6 heteroatoms. The molecule has 1 aliphatic carbocycles. The molecule has 0 spiro atoms. The molecule has 1 heterocycles. The van der Waals surface area contributed by atoms with Crippen molar-refractivity contribution in [2.24, 2.45) is 11.7 Å². The zero-order valence-corrected chi connectivity index (χ0v) is 11.0. The third kappa shape index (κ3) is 2.71. The predicted octanol–water partition coefficient (Wildman–Crippen LogP) is 1.75. The number of halogens is 1. The molecule has 0 radical (unpaired) electrons. The molecule has 0 aromatic carbocycles. The van der Waals surface area contributed by atoms with Gasteiger partial charge in [-0.05, 0) is 44.0 Å². The highest BCUT2D eigenvalue weighted by Crippen LogP contribution is 2.29. The summed E-state index contributed by atoms with van der Waals surface area (Å²) in [4.78, 5) is 2.33. The van der Waals surface area contributed by atoms with Crippen molar-refractivity contribution in [3.05, 3.63) is 9.47 Å². The Hall–Kier alpha value is -0.230. The van der Waals surface area contributed by atoms with Gasteiger partial charge >= 0.3 is 0 Å². The maximum atomic E-state index is 5.79. The Labute approximate surface area is 105 Å². The van der Waals surface area contributed by atoms with Crippen molar-refractivity contribution in [2.45, 2.75) is 31.8 Å². The van der Waals surface area contributed by atoms with E-state index in [1.54, 1.807) is 0 Å². The van der Waals surface area contributed by atoms with Gasteiger partial charge in [0.1, 0.15) is 5.01 Å². The standard InChI is InChI=1S/C10H17ClN4S/c1-15(6-9-13-14-10(11)16-9)8-4-2-3-7(8)5-12/h7-8H,2-6,12H2,1H3. The van der Waals surface area contributed by atoms with Gasteiger partial charge in [-0.3, -0.25) is 4.90 Å². The predicted molar refractivity (Wildman–Crippen MR) is 66.6 cm³/mol. The highest BCUT2D eigenvalue weighted by molar-refractivity contribution is 7.15. The van der Waals surface area contributed by atoms with E-state index in [-0.39, 0.29) is 0 Å². The molecule has 0 aliphatic heterocycles. The lowest BCUT2D eigenvalue weighted by Gasteiger charge is -2.28. The maximum absolute atomic E-state index is 5.79. The van der Waals surface area contributed by atoms with E-state index >= 15 is 0 Å². The molecule has 0 amide bonds. The van der Waals surface area contributed by atoms with E-state index in [4.69, 9.17) is 17.3 Å². The minimum atomic E-state index is 0.519. The molecule has 4 nitrogen and oxygen atoms in total. The lowest BCUT2D eigenvalue weighted by atomic mass is 10.0. The first-order chi connectivity index (χ1) is 7.70. The van der Waals surface area contributed by atoms with Crippen LogP contribution >= 0.6 is 22.9 Å². The van der Waals surface area contributed by atoms with Gasteiger partial charge in [-0.1, -0.05) is 17.8 Å². The minimum absolute atomic E-state index is 0.519. The highest BCUT2D eigenvalue weighted by atomic mass is 35.5. The monoisotopic (exact) mass is 260 g/mol. The summed E-state index contributed by atoms with van der Waals surface area (Å²) in [5, 5.41) is 8.84. The van der Waals surface area contributed by atoms with E-state index in [1.807, 2.05) is 0 Å². The van der Waals surface area contributed by atoms with Gasteiger partial charge in [-0.2, -0.15) is 0 Å². The summed E-state index contributed by atoms with van der Waals surface area (Å²) in [5.41, 5.74) is 5.79. The van der Waals surface area contributed by atoms with Crippen LogP contribution in [0, 0.1) is 5.92 Å². The highest BCUT2D eigenvalue weighted by Gasteiger charge is 2.29. The Morgan fingerprint density at radius 1 is 1.50 bits per heavy atom. The lowest BCUT2D eigenvalue weighted by molar-refractivity contribution is 0.192. The van der Waals surface area contributed by atoms with E-state index < -0.39 is 0 Å². The van der Waals surface area contributed by atoms with Gasteiger partial charge < -0.3 is 5.73 Å². The van der Waals surface area contributed by atoms with Crippen molar-refractivity contribution in [3.63, 3.8) is 0 Å². The molecule has 16 heavy (non-hydrogen) atoms. The number of nitrogens with two attached hydrogens (primary N) is 1. The largest absolute Gasteiger partial charge is 0.330 e. The third-order valence-corrected chi connectivity index (χ3v) is 4.32. The van der Waals surface area contributed by atoms with Gasteiger partial charge in [0.25, 0.3) is 0 Å². The first kappa shape index (κ1) is 12.2. The van der Waals surface area contributed by atoms with Crippen molar-refractivity contribution in [3.8, 4) is 0 Å². The molecule has 2 atom stereocenters. The van der Waals surface area contributed by atoms with Crippen molar-refractivity contribution >= 4 is 22.9 Å². The van der Waals surface area contributed by atoms with E-state index in [0.29, 0.717) is 16.4 Å². The minimum Gasteiger partial charge on any atom is -0.330 e. The first-order valence-electron chi connectivity index (χ1n) is 5.59. The molecule has 1 fully saturated rings. The van der Waals surface area contributed by atoms with Crippen LogP contribution in [-0.4, -0.2) is 34.7 Å². The molecule has 1 aromatic rings. The summed E-state index contributed by atoms with van der Waals surface area (Å²) in [7, 11) is 2.13. The summed E-state index contributed by atoms with van der Waals surface area (Å²) in [5.74, 6) is 0.633. The van der Waals surface area contributed by atoms with Gasteiger partial charge in [0.05, 0.1) is 6.54 Å². The van der Waals surface area contributed by atoms with Gasteiger partial charge in [-0.15, -0.1) is 10.2 Å². The van der Waals surface area contributed by atoms with E-state index in [2.05, 4.69) is 22.1 Å². The Morgan fingerprint density at radius 3 is 2.94 bits per heavy atom. The fourth-order valence-corrected chi connectivity index (χ4v) is 3.43. The van der Waals surface area contributed by atoms with Crippen LogP contribution < -0.4 is 5.73 Å². The average Bonchev–Trinajstić information content (AvgIpc) is 2.86. The normalized spacial score (nSPS) is 25.5. The Kier molecular flexibility index (Phi) is 4.13. The van der Waals surface area contributed by atoms with E-state index in [0.717, 1.165) is 18.1 Å². The molecule has 2 unspecified atom stereocenters. The van der Waals surface area contributed by atoms with Crippen LogP contribution in [0.1, 0.15) is 24.3 Å². The molecule has 0 saturated heterocycles. The number of rotatable bonds is 4. The lowest BCUT2D eigenvalue weighted by Crippen LogP contribution is -2.37. The number of nitrogens with zero attached hydrogens (tertiary/aromatic N) is 3. The Bertz CT molecular complexity index is 343. The van der Waals surface area contributed by atoms with Crippen molar-refractivity contribution in [1.29, 1.82) is 0 Å².